The normalized spacial score (nSPS) is 23.8. The minimum Gasteiger partial charge on any atom is -0.311 e. The first-order valence-corrected chi connectivity index (χ1v) is 7.60. The Morgan fingerprint density at radius 1 is 1.59 bits per heavy atom. The number of nitrogens with zero attached hydrogens (tertiary/aromatic N) is 2. The lowest BCUT2D eigenvalue weighted by molar-refractivity contribution is 0.136. The third-order valence-corrected chi connectivity index (χ3v) is 4.36. The van der Waals surface area contributed by atoms with Gasteiger partial charge in [-0.2, -0.15) is 0 Å². The van der Waals surface area contributed by atoms with Gasteiger partial charge in [0.15, 0.2) is 0 Å². The molecule has 2 atom stereocenters. The van der Waals surface area contributed by atoms with Crippen LogP contribution in [0.3, 0.4) is 0 Å². The lowest BCUT2D eigenvalue weighted by Gasteiger charge is -2.37. The molecule has 2 rings (SSSR count). The number of nitrogens with one attached hydrogen (secondary N) is 1. The molecule has 0 radical (unpaired) electrons. The summed E-state index contributed by atoms with van der Waals surface area (Å²) in [5, 5.41) is 6.98. The number of piperazine rings is 1. The highest BCUT2D eigenvalue weighted by atomic mass is 32.1. The summed E-state index contributed by atoms with van der Waals surface area (Å²) in [7, 11) is 0. The zero-order chi connectivity index (χ0) is 12.1. The molecule has 0 aromatic carbocycles. The van der Waals surface area contributed by atoms with Gasteiger partial charge in [-0.3, -0.25) is 4.90 Å². The van der Waals surface area contributed by atoms with E-state index in [4.69, 9.17) is 0 Å². The summed E-state index contributed by atoms with van der Waals surface area (Å²) in [6.07, 6.45) is 5.63. The van der Waals surface area contributed by atoms with E-state index < -0.39 is 0 Å². The van der Waals surface area contributed by atoms with E-state index in [1.54, 1.807) is 11.3 Å². The second-order valence-corrected chi connectivity index (χ2v) is 5.66. The van der Waals surface area contributed by atoms with E-state index in [9.17, 15) is 0 Å². The molecule has 0 bridgehead atoms. The van der Waals surface area contributed by atoms with Crippen molar-refractivity contribution in [2.45, 2.75) is 45.2 Å². The fraction of sp³-hybridized carbons (Fsp3) is 0.769. The quantitative estimate of drug-likeness (QED) is 0.874. The molecule has 2 unspecified atom stereocenters. The van der Waals surface area contributed by atoms with Crippen molar-refractivity contribution < 1.29 is 0 Å². The fourth-order valence-electron chi connectivity index (χ4n) is 2.66. The molecular weight excluding hydrogens is 230 g/mol. The van der Waals surface area contributed by atoms with Crippen LogP contribution in [0.25, 0.3) is 0 Å². The third kappa shape index (κ3) is 3.27. The topological polar surface area (TPSA) is 28.2 Å². The molecule has 1 saturated heterocycles. The van der Waals surface area contributed by atoms with E-state index in [1.165, 1.54) is 24.4 Å². The molecule has 0 saturated carbocycles. The van der Waals surface area contributed by atoms with E-state index in [0.29, 0.717) is 12.1 Å². The monoisotopic (exact) mass is 253 g/mol. The Morgan fingerprint density at radius 3 is 3.12 bits per heavy atom. The highest BCUT2D eigenvalue weighted by Crippen LogP contribution is 2.27. The zero-order valence-electron chi connectivity index (χ0n) is 10.9. The summed E-state index contributed by atoms with van der Waals surface area (Å²) >= 11 is 1.79. The third-order valence-electron chi connectivity index (χ3n) is 3.49. The van der Waals surface area contributed by atoms with Crippen LogP contribution in [0.2, 0.25) is 0 Å². The van der Waals surface area contributed by atoms with E-state index in [1.807, 2.05) is 6.20 Å². The minimum atomic E-state index is 0.524. The largest absolute Gasteiger partial charge is 0.311 e. The highest BCUT2D eigenvalue weighted by Gasteiger charge is 2.26. The number of aromatic nitrogens is 1. The smallest absolute Gasteiger partial charge is 0.110 e. The van der Waals surface area contributed by atoms with Gasteiger partial charge in [0.25, 0.3) is 0 Å². The molecule has 4 heteroatoms. The fourth-order valence-corrected chi connectivity index (χ4v) is 3.52. The Morgan fingerprint density at radius 2 is 2.47 bits per heavy atom. The average molecular weight is 253 g/mol. The molecule has 1 aliphatic heterocycles. The summed E-state index contributed by atoms with van der Waals surface area (Å²) in [4.78, 5) is 7.10. The molecule has 1 N–H and O–H groups in total. The summed E-state index contributed by atoms with van der Waals surface area (Å²) in [5.74, 6) is 0. The van der Waals surface area contributed by atoms with Gasteiger partial charge in [-0.05, 0) is 12.8 Å². The van der Waals surface area contributed by atoms with Crippen LogP contribution in [0, 0.1) is 0 Å². The van der Waals surface area contributed by atoms with Crippen molar-refractivity contribution in [1.29, 1.82) is 0 Å². The van der Waals surface area contributed by atoms with E-state index in [-0.39, 0.29) is 0 Å². The molecule has 1 aromatic rings. The summed E-state index contributed by atoms with van der Waals surface area (Å²) in [6, 6.07) is 1.19. The van der Waals surface area contributed by atoms with Crippen LogP contribution in [0.15, 0.2) is 11.6 Å². The van der Waals surface area contributed by atoms with Gasteiger partial charge in [-0.15, -0.1) is 11.3 Å². The molecular formula is C13H23N3S. The van der Waals surface area contributed by atoms with E-state index in [0.717, 1.165) is 19.5 Å². The minimum absolute atomic E-state index is 0.524. The van der Waals surface area contributed by atoms with E-state index in [2.05, 4.69) is 34.4 Å². The number of thiazole rings is 1. The van der Waals surface area contributed by atoms with Gasteiger partial charge >= 0.3 is 0 Å². The summed E-state index contributed by atoms with van der Waals surface area (Å²) in [6.45, 7) is 7.97. The average Bonchev–Trinajstić information content (AvgIpc) is 2.85. The number of hydrogen-bond donors (Lipinski definition) is 1. The molecule has 0 spiro atoms. The van der Waals surface area contributed by atoms with E-state index >= 15 is 0 Å². The molecule has 17 heavy (non-hydrogen) atoms. The van der Waals surface area contributed by atoms with Gasteiger partial charge in [0.05, 0.1) is 6.04 Å². The zero-order valence-corrected chi connectivity index (χ0v) is 11.7. The van der Waals surface area contributed by atoms with Crippen molar-refractivity contribution in [1.82, 2.24) is 15.2 Å². The predicted octanol–water partition coefficient (Wildman–Crippen LogP) is 2.67. The van der Waals surface area contributed by atoms with Crippen molar-refractivity contribution in [2.75, 3.05) is 19.6 Å². The van der Waals surface area contributed by atoms with Crippen LogP contribution in [0.1, 0.15) is 44.2 Å². The van der Waals surface area contributed by atoms with Gasteiger partial charge in [-0.25, -0.2) is 4.98 Å². The lowest BCUT2D eigenvalue weighted by atomic mass is 10.1. The maximum Gasteiger partial charge on any atom is 0.110 e. The molecule has 1 aromatic heterocycles. The molecule has 1 aliphatic rings. The maximum absolute atomic E-state index is 4.49. The van der Waals surface area contributed by atoms with Crippen LogP contribution in [-0.4, -0.2) is 35.6 Å². The Labute approximate surface area is 108 Å². The first-order valence-electron chi connectivity index (χ1n) is 6.72. The van der Waals surface area contributed by atoms with Gasteiger partial charge in [-0.1, -0.05) is 20.3 Å². The predicted molar refractivity (Wildman–Crippen MR) is 73.4 cm³/mol. The van der Waals surface area contributed by atoms with Crippen LogP contribution < -0.4 is 5.32 Å². The summed E-state index contributed by atoms with van der Waals surface area (Å²) < 4.78 is 0. The van der Waals surface area contributed by atoms with Gasteiger partial charge in [0.2, 0.25) is 0 Å². The SMILES string of the molecule is CCCC1CN(C(CC)c2nccs2)CCN1. The Bertz CT molecular complexity index is 310. The highest BCUT2D eigenvalue weighted by molar-refractivity contribution is 7.09. The summed E-state index contributed by atoms with van der Waals surface area (Å²) in [5.41, 5.74) is 0. The Kier molecular flexibility index (Phi) is 4.95. The van der Waals surface area contributed by atoms with Gasteiger partial charge in [0.1, 0.15) is 5.01 Å². The standard InChI is InChI=1S/C13H23N3S/c1-3-5-11-10-16(8-6-14-11)12(4-2)13-15-7-9-17-13/h7,9,11-12,14H,3-6,8,10H2,1-2H3. The van der Waals surface area contributed by atoms with Crippen molar-refractivity contribution in [3.8, 4) is 0 Å². The van der Waals surface area contributed by atoms with Crippen molar-refractivity contribution >= 4 is 11.3 Å². The molecule has 3 nitrogen and oxygen atoms in total. The molecule has 96 valence electrons. The van der Waals surface area contributed by atoms with Crippen LogP contribution in [0.4, 0.5) is 0 Å². The van der Waals surface area contributed by atoms with Crippen LogP contribution in [-0.2, 0) is 0 Å². The van der Waals surface area contributed by atoms with Crippen LogP contribution >= 0.6 is 11.3 Å². The van der Waals surface area contributed by atoms with Crippen molar-refractivity contribution in [3.05, 3.63) is 16.6 Å². The second kappa shape index (κ2) is 6.47. The van der Waals surface area contributed by atoms with Gasteiger partial charge in [0, 0.05) is 37.3 Å². The van der Waals surface area contributed by atoms with Crippen molar-refractivity contribution in [3.63, 3.8) is 0 Å². The number of hydrogen-bond acceptors (Lipinski definition) is 4. The molecule has 2 heterocycles. The second-order valence-electron chi connectivity index (χ2n) is 4.73. The van der Waals surface area contributed by atoms with Crippen molar-refractivity contribution in [2.24, 2.45) is 0 Å². The lowest BCUT2D eigenvalue weighted by Crippen LogP contribution is -2.51. The molecule has 0 aliphatic carbocycles. The Hall–Kier alpha value is -0.450. The number of rotatable bonds is 5. The Balaban J connectivity index is 1.99. The molecule has 0 amide bonds. The first kappa shape index (κ1) is 13.0. The van der Waals surface area contributed by atoms with Crippen LogP contribution in [0.5, 0.6) is 0 Å². The van der Waals surface area contributed by atoms with Gasteiger partial charge < -0.3 is 5.32 Å². The first-order chi connectivity index (χ1) is 8.35. The molecule has 1 fully saturated rings. The maximum atomic E-state index is 4.49.